The van der Waals surface area contributed by atoms with Gasteiger partial charge in [-0.1, -0.05) is 17.7 Å². The number of nitrogens with zero attached hydrogens (tertiary/aromatic N) is 5. The van der Waals surface area contributed by atoms with Gasteiger partial charge in [-0.3, -0.25) is 9.30 Å². The number of fused-ring (bicyclic) bond motifs is 3. The van der Waals surface area contributed by atoms with Crippen molar-refractivity contribution in [3.63, 3.8) is 0 Å². The summed E-state index contributed by atoms with van der Waals surface area (Å²) in [7, 11) is 1.62. The molecule has 0 N–H and O–H groups in total. The minimum Gasteiger partial charge on any atom is -0.497 e. The molecule has 0 aliphatic carbocycles. The van der Waals surface area contributed by atoms with E-state index in [2.05, 4.69) is 27.2 Å². The number of methoxy groups -OCH3 is 1. The number of halogens is 2. The fraction of sp³-hybridized carbons (Fsp3) is 0.348. The van der Waals surface area contributed by atoms with E-state index in [4.69, 9.17) is 21.3 Å². The third-order valence-corrected chi connectivity index (χ3v) is 6.22. The second-order valence-corrected chi connectivity index (χ2v) is 8.41. The van der Waals surface area contributed by atoms with Gasteiger partial charge >= 0.3 is 0 Å². The van der Waals surface area contributed by atoms with Crippen LogP contribution in [-0.2, 0) is 6.54 Å². The van der Waals surface area contributed by atoms with Gasteiger partial charge in [0.15, 0.2) is 11.5 Å². The van der Waals surface area contributed by atoms with Crippen molar-refractivity contribution in [2.75, 3.05) is 20.2 Å². The van der Waals surface area contributed by atoms with Crippen molar-refractivity contribution in [2.24, 2.45) is 0 Å². The largest absolute Gasteiger partial charge is 0.497 e. The molecule has 8 heteroatoms. The standard InChI is InChI=1S/C23H23ClFN5O/c1-14-22-27-28-23(18-12-17(31-2)4-5-19(18)24)30(22)21-11-15(3-6-20(21)26-14)13-29-9-7-16(25)8-10-29/h3-6,11-12,16H,7-10,13H2,1-2H3. The van der Waals surface area contributed by atoms with Crippen molar-refractivity contribution in [3.8, 4) is 17.1 Å². The van der Waals surface area contributed by atoms with Gasteiger partial charge in [0.25, 0.3) is 0 Å². The van der Waals surface area contributed by atoms with Crippen molar-refractivity contribution in [1.82, 2.24) is 24.5 Å². The Bertz CT molecular complexity index is 1270. The van der Waals surface area contributed by atoms with Crippen LogP contribution in [0, 0.1) is 6.92 Å². The summed E-state index contributed by atoms with van der Waals surface area (Å²) >= 11 is 6.52. The van der Waals surface area contributed by atoms with E-state index in [-0.39, 0.29) is 0 Å². The van der Waals surface area contributed by atoms with E-state index in [1.807, 2.05) is 29.5 Å². The first kappa shape index (κ1) is 20.2. The van der Waals surface area contributed by atoms with Crippen LogP contribution < -0.4 is 4.74 Å². The molecule has 4 aromatic rings. The van der Waals surface area contributed by atoms with E-state index in [9.17, 15) is 4.39 Å². The molecule has 1 fully saturated rings. The summed E-state index contributed by atoms with van der Waals surface area (Å²) in [6.07, 6.45) is 0.525. The van der Waals surface area contributed by atoms with Gasteiger partial charge in [0.05, 0.1) is 28.9 Å². The SMILES string of the molecule is COc1ccc(Cl)c(-c2nnc3c(C)nc4ccc(CN5CCC(F)CC5)cc4n23)c1. The number of aryl methyl sites for hydroxylation is 1. The Hall–Kier alpha value is -2.77. The smallest absolute Gasteiger partial charge is 0.183 e. The molecule has 0 radical (unpaired) electrons. The number of piperidine rings is 1. The van der Waals surface area contributed by atoms with Crippen LogP contribution in [0.1, 0.15) is 24.1 Å². The molecule has 0 spiro atoms. The molecule has 0 unspecified atom stereocenters. The summed E-state index contributed by atoms with van der Waals surface area (Å²) in [6.45, 7) is 4.25. The normalized spacial score (nSPS) is 15.7. The zero-order chi connectivity index (χ0) is 21.5. The van der Waals surface area contributed by atoms with Crippen molar-refractivity contribution in [1.29, 1.82) is 0 Å². The maximum atomic E-state index is 13.5. The van der Waals surface area contributed by atoms with Crippen molar-refractivity contribution in [3.05, 3.63) is 52.7 Å². The molecule has 0 bridgehead atoms. The summed E-state index contributed by atoms with van der Waals surface area (Å²) in [5.41, 5.74) is 5.15. The third-order valence-electron chi connectivity index (χ3n) is 5.89. The maximum Gasteiger partial charge on any atom is 0.183 e. The van der Waals surface area contributed by atoms with Crippen LogP contribution in [0.2, 0.25) is 5.02 Å². The predicted octanol–water partition coefficient (Wildman–Crippen LogP) is 4.85. The summed E-state index contributed by atoms with van der Waals surface area (Å²) in [4.78, 5) is 7.01. The second kappa shape index (κ2) is 8.05. The number of likely N-dealkylation sites (tertiary alicyclic amines) is 1. The van der Waals surface area contributed by atoms with E-state index in [0.717, 1.165) is 47.5 Å². The molecular weight excluding hydrogens is 417 g/mol. The number of hydrogen-bond acceptors (Lipinski definition) is 5. The monoisotopic (exact) mass is 439 g/mol. The Labute approximate surface area is 184 Å². The molecule has 2 aromatic carbocycles. The molecule has 1 aliphatic heterocycles. The summed E-state index contributed by atoms with van der Waals surface area (Å²) in [5, 5.41) is 9.41. The Morgan fingerprint density at radius 1 is 1.13 bits per heavy atom. The highest BCUT2D eigenvalue weighted by Crippen LogP contribution is 2.32. The van der Waals surface area contributed by atoms with Crippen LogP contribution >= 0.6 is 11.6 Å². The fourth-order valence-corrected chi connectivity index (χ4v) is 4.42. The van der Waals surface area contributed by atoms with E-state index in [0.29, 0.717) is 35.1 Å². The maximum absolute atomic E-state index is 13.5. The summed E-state index contributed by atoms with van der Waals surface area (Å²) in [5.74, 6) is 1.34. The number of benzene rings is 2. The van der Waals surface area contributed by atoms with Gasteiger partial charge in [0, 0.05) is 25.2 Å². The average Bonchev–Trinajstić information content (AvgIpc) is 3.22. The van der Waals surface area contributed by atoms with Gasteiger partial charge in [-0.05, 0) is 55.7 Å². The minimum absolute atomic E-state index is 0.572. The lowest BCUT2D eigenvalue weighted by Crippen LogP contribution is -2.33. The molecule has 0 amide bonds. The molecule has 1 saturated heterocycles. The van der Waals surface area contributed by atoms with Gasteiger partial charge in [0.2, 0.25) is 0 Å². The first-order valence-corrected chi connectivity index (χ1v) is 10.8. The quantitative estimate of drug-likeness (QED) is 0.455. The van der Waals surface area contributed by atoms with Crippen molar-refractivity contribution < 1.29 is 9.13 Å². The first-order chi connectivity index (χ1) is 15.0. The topological polar surface area (TPSA) is 55.6 Å². The molecule has 31 heavy (non-hydrogen) atoms. The minimum atomic E-state index is -0.674. The summed E-state index contributed by atoms with van der Waals surface area (Å²) < 4.78 is 20.9. The van der Waals surface area contributed by atoms with E-state index < -0.39 is 6.17 Å². The van der Waals surface area contributed by atoms with Crippen LogP contribution in [0.4, 0.5) is 4.39 Å². The Morgan fingerprint density at radius 3 is 2.71 bits per heavy atom. The fourth-order valence-electron chi connectivity index (χ4n) is 4.21. The van der Waals surface area contributed by atoms with E-state index in [1.54, 1.807) is 13.2 Å². The third kappa shape index (κ3) is 3.72. The molecule has 160 valence electrons. The number of hydrogen-bond donors (Lipinski definition) is 0. The van der Waals surface area contributed by atoms with Crippen LogP contribution in [0.15, 0.2) is 36.4 Å². The number of alkyl halides is 1. The first-order valence-electron chi connectivity index (χ1n) is 10.4. The van der Waals surface area contributed by atoms with Crippen LogP contribution in [0.5, 0.6) is 5.75 Å². The number of ether oxygens (including phenoxy) is 1. The van der Waals surface area contributed by atoms with Crippen molar-refractivity contribution >= 4 is 28.3 Å². The van der Waals surface area contributed by atoms with Gasteiger partial charge in [0.1, 0.15) is 11.9 Å². The van der Waals surface area contributed by atoms with Gasteiger partial charge in [-0.25, -0.2) is 9.37 Å². The highest BCUT2D eigenvalue weighted by molar-refractivity contribution is 6.33. The zero-order valence-electron chi connectivity index (χ0n) is 17.5. The highest BCUT2D eigenvalue weighted by atomic mass is 35.5. The van der Waals surface area contributed by atoms with Gasteiger partial charge < -0.3 is 4.74 Å². The average molecular weight is 440 g/mol. The van der Waals surface area contributed by atoms with Crippen molar-refractivity contribution in [2.45, 2.75) is 32.5 Å². The Balaban J connectivity index is 1.65. The molecule has 3 heterocycles. The Morgan fingerprint density at radius 2 is 1.94 bits per heavy atom. The van der Waals surface area contributed by atoms with Crippen LogP contribution in [0.3, 0.4) is 0 Å². The number of rotatable bonds is 4. The highest BCUT2D eigenvalue weighted by Gasteiger charge is 2.20. The number of aromatic nitrogens is 4. The second-order valence-electron chi connectivity index (χ2n) is 8.00. The molecule has 2 aromatic heterocycles. The molecule has 5 rings (SSSR count). The molecule has 0 atom stereocenters. The van der Waals surface area contributed by atoms with E-state index in [1.165, 1.54) is 0 Å². The Kier molecular flexibility index (Phi) is 5.24. The lowest BCUT2D eigenvalue weighted by Gasteiger charge is -2.28. The molecule has 0 saturated carbocycles. The summed E-state index contributed by atoms with van der Waals surface area (Å²) in [6, 6.07) is 11.7. The van der Waals surface area contributed by atoms with Crippen LogP contribution in [0.25, 0.3) is 28.1 Å². The molecular formula is C23H23ClFN5O. The van der Waals surface area contributed by atoms with Crippen LogP contribution in [-0.4, -0.2) is 50.9 Å². The zero-order valence-corrected chi connectivity index (χ0v) is 18.2. The lowest BCUT2D eigenvalue weighted by atomic mass is 10.1. The predicted molar refractivity (Wildman–Crippen MR) is 119 cm³/mol. The molecule has 1 aliphatic rings. The van der Waals surface area contributed by atoms with Gasteiger partial charge in [-0.15, -0.1) is 10.2 Å². The molecule has 6 nitrogen and oxygen atoms in total. The lowest BCUT2D eigenvalue weighted by molar-refractivity contribution is 0.145. The van der Waals surface area contributed by atoms with E-state index >= 15 is 0 Å². The van der Waals surface area contributed by atoms with Gasteiger partial charge in [-0.2, -0.15) is 0 Å².